The fourth-order valence-corrected chi connectivity index (χ4v) is 3.35. The van der Waals surface area contributed by atoms with Crippen LogP contribution in [-0.2, 0) is 11.3 Å². The predicted octanol–water partition coefficient (Wildman–Crippen LogP) is 1.81. The molecule has 1 aromatic rings. The molecule has 1 aliphatic heterocycles. The van der Waals surface area contributed by atoms with Crippen LogP contribution < -0.4 is 5.56 Å². The van der Waals surface area contributed by atoms with Crippen molar-refractivity contribution in [2.24, 2.45) is 0 Å². The van der Waals surface area contributed by atoms with Gasteiger partial charge in [-0.2, -0.15) is 0 Å². The van der Waals surface area contributed by atoms with E-state index in [1.54, 1.807) is 17.7 Å². The molecule has 134 valence electrons. The molecule has 1 aromatic heterocycles. The molecule has 2 heterocycles. The quantitative estimate of drug-likeness (QED) is 0.682. The first kappa shape index (κ1) is 19.1. The van der Waals surface area contributed by atoms with Gasteiger partial charge in [-0.05, 0) is 42.8 Å². The minimum Gasteiger partial charge on any atom is -0.462 e. The molecule has 0 atom stereocenters. The lowest BCUT2D eigenvalue weighted by molar-refractivity contribution is 0.0523. The van der Waals surface area contributed by atoms with E-state index in [2.05, 4.69) is 39.6 Å². The number of rotatable bonds is 6. The van der Waals surface area contributed by atoms with Gasteiger partial charge in [0.15, 0.2) is 0 Å². The fraction of sp³-hybridized carbons (Fsp3) is 0.647. The number of pyridine rings is 1. The number of aromatic nitrogens is 1. The summed E-state index contributed by atoms with van der Waals surface area (Å²) in [5, 5.41) is 0. The van der Waals surface area contributed by atoms with E-state index in [9.17, 15) is 9.59 Å². The van der Waals surface area contributed by atoms with E-state index in [0.717, 1.165) is 32.7 Å². The largest absolute Gasteiger partial charge is 0.462 e. The molecular formula is C17H26BrN3O3. The molecule has 0 spiro atoms. The normalized spacial score (nSPS) is 16.5. The van der Waals surface area contributed by atoms with Crippen LogP contribution in [0, 0.1) is 0 Å². The molecule has 0 saturated carbocycles. The summed E-state index contributed by atoms with van der Waals surface area (Å²) < 4.78 is 7.25. The highest BCUT2D eigenvalue weighted by molar-refractivity contribution is 9.10. The zero-order chi connectivity index (χ0) is 17.7. The van der Waals surface area contributed by atoms with Crippen LogP contribution >= 0.6 is 15.9 Å². The summed E-state index contributed by atoms with van der Waals surface area (Å²) in [6, 6.07) is 2.10. The third-order valence-corrected chi connectivity index (χ3v) is 4.78. The number of carbonyl (C=O) groups excluding carboxylic acids is 1. The number of piperazine rings is 1. The van der Waals surface area contributed by atoms with Crippen LogP contribution in [0.5, 0.6) is 0 Å². The molecule has 7 heteroatoms. The molecule has 0 N–H and O–H groups in total. The van der Waals surface area contributed by atoms with E-state index < -0.39 is 5.97 Å². The van der Waals surface area contributed by atoms with Crippen LogP contribution in [0.15, 0.2) is 21.5 Å². The Hall–Kier alpha value is -1.18. The second kappa shape index (κ2) is 8.78. The van der Waals surface area contributed by atoms with Crippen molar-refractivity contribution in [2.45, 2.75) is 33.4 Å². The van der Waals surface area contributed by atoms with Gasteiger partial charge in [0.1, 0.15) is 5.56 Å². The summed E-state index contributed by atoms with van der Waals surface area (Å²) in [6.07, 6.45) is 1.73. The van der Waals surface area contributed by atoms with E-state index in [4.69, 9.17) is 4.74 Å². The van der Waals surface area contributed by atoms with Gasteiger partial charge in [0.2, 0.25) is 0 Å². The second-order valence-corrected chi connectivity index (χ2v) is 7.18. The summed E-state index contributed by atoms with van der Waals surface area (Å²) in [5.41, 5.74) is -0.215. The Morgan fingerprint density at radius 1 is 1.25 bits per heavy atom. The van der Waals surface area contributed by atoms with E-state index in [0.29, 0.717) is 17.1 Å². The molecule has 0 aliphatic carbocycles. The van der Waals surface area contributed by atoms with Gasteiger partial charge in [-0.3, -0.25) is 14.6 Å². The van der Waals surface area contributed by atoms with Crippen molar-refractivity contribution in [1.82, 2.24) is 14.4 Å². The minimum atomic E-state index is -0.567. The van der Waals surface area contributed by atoms with Gasteiger partial charge in [0, 0.05) is 56.0 Å². The fourth-order valence-electron chi connectivity index (χ4n) is 2.87. The van der Waals surface area contributed by atoms with Crippen LogP contribution in [0.4, 0.5) is 0 Å². The zero-order valence-corrected chi connectivity index (χ0v) is 16.2. The van der Waals surface area contributed by atoms with Gasteiger partial charge in [-0.25, -0.2) is 4.79 Å². The molecule has 6 nitrogen and oxygen atoms in total. The number of halogens is 1. The Bertz CT molecular complexity index is 622. The number of esters is 1. The molecule has 0 aromatic carbocycles. The number of carbonyl (C=O) groups is 1. The maximum Gasteiger partial charge on any atom is 0.343 e. The minimum absolute atomic E-state index is 0.0795. The van der Waals surface area contributed by atoms with Crippen molar-refractivity contribution < 1.29 is 9.53 Å². The maximum atomic E-state index is 12.5. The number of ether oxygens (including phenoxy) is 1. The molecule has 1 aliphatic rings. The van der Waals surface area contributed by atoms with Gasteiger partial charge in [0.25, 0.3) is 5.56 Å². The molecule has 24 heavy (non-hydrogen) atoms. The lowest BCUT2D eigenvalue weighted by Gasteiger charge is -2.36. The predicted molar refractivity (Wildman–Crippen MR) is 97.5 cm³/mol. The third kappa shape index (κ3) is 4.91. The molecule has 0 unspecified atom stereocenters. The van der Waals surface area contributed by atoms with Crippen LogP contribution in [0.2, 0.25) is 0 Å². The summed E-state index contributed by atoms with van der Waals surface area (Å²) in [6.45, 7) is 11.9. The SMILES string of the molecule is CCOC(=O)c1cc(Br)cn(CCN2CCN(C(C)C)CC2)c1=O. The van der Waals surface area contributed by atoms with Crippen LogP contribution in [-0.4, -0.2) is 65.7 Å². The first-order valence-corrected chi connectivity index (χ1v) is 9.25. The topological polar surface area (TPSA) is 54.8 Å². The number of hydrogen-bond acceptors (Lipinski definition) is 5. The monoisotopic (exact) mass is 399 g/mol. The summed E-state index contributed by atoms with van der Waals surface area (Å²) in [5.74, 6) is -0.567. The molecule has 1 saturated heterocycles. The third-order valence-electron chi connectivity index (χ3n) is 4.34. The van der Waals surface area contributed by atoms with Gasteiger partial charge in [0.05, 0.1) is 6.61 Å². The number of hydrogen-bond donors (Lipinski definition) is 0. The molecule has 2 rings (SSSR count). The van der Waals surface area contributed by atoms with Crippen LogP contribution in [0.3, 0.4) is 0 Å². The van der Waals surface area contributed by atoms with E-state index in [1.165, 1.54) is 6.07 Å². The highest BCUT2D eigenvalue weighted by Gasteiger charge is 2.19. The molecular weight excluding hydrogens is 374 g/mol. The molecule has 0 amide bonds. The van der Waals surface area contributed by atoms with Crippen molar-refractivity contribution in [3.05, 3.63) is 32.7 Å². The lowest BCUT2D eigenvalue weighted by atomic mass is 10.2. The van der Waals surface area contributed by atoms with E-state index in [1.807, 2.05) is 0 Å². The van der Waals surface area contributed by atoms with Crippen molar-refractivity contribution in [3.63, 3.8) is 0 Å². The van der Waals surface area contributed by atoms with E-state index >= 15 is 0 Å². The highest BCUT2D eigenvalue weighted by Crippen LogP contribution is 2.11. The van der Waals surface area contributed by atoms with Gasteiger partial charge >= 0.3 is 5.97 Å². The first-order chi connectivity index (χ1) is 11.4. The summed E-state index contributed by atoms with van der Waals surface area (Å²) in [7, 11) is 0. The highest BCUT2D eigenvalue weighted by atomic mass is 79.9. The molecule has 0 radical (unpaired) electrons. The van der Waals surface area contributed by atoms with Crippen molar-refractivity contribution in [2.75, 3.05) is 39.3 Å². The number of nitrogens with zero attached hydrogens (tertiary/aromatic N) is 3. The van der Waals surface area contributed by atoms with Crippen molar-refractivity contribution in [3.8, 4) is 0 Å². The Morgan fingerprint density at radius 2 is 1.92 bits per heavy atom. The lowest BCUT2D eigenvalue weighted by Crippen LogP contribution is -2.49. The summed E-state index contributed by atoms with van der Waals surface area (Å²) >= 11 is 3.37. The van der Waals surface area contributed by atoms with Gasteiger partial charge in [-0.1, -0.05) is 0 Å². The molecule has 0 bridgehead atoms. The molecule has 1 fully saturated rings. The van der Waals surface area contributed by atoms with Crippen molar-refractivity contribution in [1.29, 1.82) is 0 Å². The average Bonchev–Trinajstić information content (AvgIpc) is 2.55. The Morgan fingerprint density at radius 3 is 2.50 bits per heavy atom. The standard InChI is InChI=1S/C17H26BrN3O3/c1-4-24-17(23)15-11-14(18)12-21(16(15)22)10-7-19-5-8-20(9-6-19)13(2)3/h11-13H,4-10H2,1-3H3. The van der Waals surface area contributed by atoms with Crippen LogP contribution in [0.1, 0.15) is 31.1 Å². The van der Waals surface area contributed by atoms with Crippen LogP contribution in [0.25, 0.3) is 0 Å². The van der Waals surface area contributed by atoms with Gasteiger partial charge < -0.3 is 9.30 Å². The Balaban J connectivity index is 2.00. The first-order valence-electron chi connectivity index (χ1n) is 8.46. The average molecular weight is 400 g/mol. The maximum absolute atomic E-state index is 12.5. The Kier molecular flexibility index (Phi) is 7.01. The zero-order valence-electron chi connectivity index (χ0n) is 14.6. The van der Waals surface area contributed by atoms with Gasteiger partial charge in [-0.15, -0.1) is 0 Å². The smallest absolute Gasteiger partial charge is 0.343 e. The summed E-state index contributed by atoms with van der Waals surface area (Å²) in [4.78, 5) is 29.2. The van der Waals surface area contributed by atoms with Crippen molar-refractivity contribution >= 4 is 21.9 Å². The Labute approximate surface area is 151 Å². The second-order valence-electron chi connectivity index (χ2n) is 6.26. The van der Waals surface area contributed by atoms with E-state index in [-0.39, 0.29) is 17.7 Å².